The van der Waals surface area contributed by atoms with E-state index in [0.29, 0.717) is 6.42 Å². The molecule has 0 aliphatic carbocycles. The summed E-state index contributed by atoms with van der Waals surface area (Å²) in [5, 5.41) is 1.65. The molecule has 0 fully saturated rings. The Labute approximate surface area is 55.2 Å². The zero-order chi connectivity index (χ0) is 6.57. The Morgan fingerprint density at radius 3 is 2.25 bits per heavy atom. The quantitative estimate of drug-likeness (QED) is 0.564. The Balaban J connectivity index is 3.56. The van der Waals surface area contributed by atoms with Gasteiger partial charge in [0.05, 0.1) is 0 Å². The van der Waals surface area contributed by atoms with Gasteiger partial charge in [0.2, 0.25) is 0 Å². The lowest BCUT2D eigenvalue weighted by Gasteiger charge is -1.90. The molecule has 0 atom stereocenters. The number of thiol groups is 1. The van der Waals surface area contributed by atoms with Gasteiger partial charge >= 0.3 is 0 Å². The van der Waals surface area contributed by atoms with E-state index in [0.717, 1.165) is 5.57 Å². The first kappa shape index (κ1) is 7.76. The molecule has 0 aliphatic heterocycles. The van der Waals surface area contributed by atoms with Gasteiger partial charge in [-0.05, 0) is 19.3 Å². The van der Waals surface area contributed by atoms with Gasteiger partial charge in [-0.1, -0.05) is 5.57 Å². The number of hydrogen-bond acceptors (Lipinski definition) is 2. The lowest BCUT2D eigenvalue weighted by molar-refractivity contribution is -0.116. The van der Waals surface area contributed by atoms with E-state index in [9.17, 15) is 4.79 Å². The largest absolute Gasteiger partial charge is 0.300 e. The van der Waals surface area contributed by atoms with E-state index in [-0.39, 0.29) is 5.78 Å². The van der Waals surface area contributed by atoms with E-state index in [4.69, 9.17) is 0 Å². The van der Waals surface area contributed by atoms with Gasteiger partial charge in [-0.3, -0.25) is 4.79 Å². The lowest BCUT2D eigenvalue weighted by atomic mass is 10.2. The second-order valence-corrected chi connectivity index (χ2v) is 2.11. The van der Waals surface area contributed by atoms with Crippen molar-refractivity contribution in [1.29, 1.82) is 0 Å². The SMILES string of the molecule is CC(=O)C/C(C)=C/S. The van der Waals surface area contributed by atoms with Gasteiger partial charge in [-0.2, -0.15) is 12.6 Å². The number of carbonyl (C=O) groups excluding carboxylic acids is 1. The summed E-state index contributed by atoms with van der Waals surface area (Å²) in [4.78, 5) is 10.3. The van der Waals surface area contributed by atoms with Crippen molar-refractivity contribution in [2.24, 2.45) is 0 Å². The Kier molecular flexibility index (Phi) is 3.61. The summed E-state index contributed by atoms with van der Waals surface area (Å²) in [6, 6.07) is 0. The van der Waals surface area contributed by atoms with Crippen LogP contribution < -0.4 is 0 Å². The maximum absolute atomic E-state index is 10.3. The summed E-state index contributed by atoms with van der Waals surface area (Å²) in [6.45, 7) is 3.45. The molecule has 0 aliphatic rings. The molecule has 0 saturated carbocycles. The first-order valence-electron chi connectivity index (χ1n) is 2.46. The van der Waals surface area contributed by atoms with Crippen LogP contribution in [-0.4, -0.2) is 5.78 Å². The molecule has 0 spiro atoms. The highest BCUT2D eigenvalue weighted by Crippen LogP contribution is 2.00. The highest BCUT2D eigenvalue weighted by Gasteiger charge is 1.91. The molecular weight excluding hydrogens is 120 g/mol. The maximum Gasteiger partial charge on any atom is 0.133 e. The summed E-state index contributed by atoms with van der Waals surface area (Å²) in [7, 11) is 0. The van der Waals surface area contributed by atoms with Gasteiger partial charge in [0.15, 0.2) is 0 Å². The number of hydrogen-bond donors (Lipinski definition) is 1. The zero-order valence-corrected chi connectivity index (χ0v) is 6.03. The average Bonchev–Trinajstić information content (AvgIpc) is 1.65. The molecule has 2 heteroatoms. The molecule has 1 nitrogen and oxygen atoms in total. The zero-order valence-electron chi connectivity index (χ0n) is 5.14. The van der Waals surface area contributed by atoms with Crippen molar-refractivity contribution in [1.82, 2.24) is 0 Å². The van der Waals surface area contributed by atoms with Crippen molar-refractivity contribution in [3.63, 3.8) is 0 Å². The van der Waals surface area contributed by atoms with Crippen molar-refractivity contribution in [3.05, 3.63) is 11.0 Å². The van der Waals surface area contributed by atoms with Crippen LogP contribution in [0.1, 0.15) is 20.3 Å². The lowest BCUT2D eigenvalue weighted by Crippen LogP contribution is -1.88. The maximum atomic E-state index is 10.3. The molecule has 8 heavy (non-hydrogen) atoms. The Morgan fingerprint density at radius 2 is 2.12 bits per heavy atom. The second kappa shape index (κ2) is 3.72. The molecule has 0 amide bonds. The fourth-order valence-corrected chi connectivity index (χ4v) is 0.530. The van der Waals surface area contributed by atoms with Crippen LogP contribution in [0.15, 0.2) is 11.0 Å². The highest BCUT2D eigenvalue weighted by molar-refractivity contribution is 7.83. The summed E-state index contributed by atoms with van der Waals surface area (Å²) >= 11 is 3.88. The second-order valence-electron chi connectivity index (χ2n) is 1.85. The molecule has 0 heterocycles. The van der Waals surface area contributed by atoms with Crippen LogP contribution in [0.3, 0.4) is 0 Å². The molecule has 0 unspecified atom stereocenters. The normalized spacial score (nSPS) is 11.6. The topological polar surface area (TPSA) is 17.1 Å². The summed E-state index contributed by atoms with van der Waals surface area (Å²) < 4.78 is 0. The Bertz CT molecular complexity index is 116. The van der Waals surface area contributed by atoms with Crippen LogP contribution in [0.25, 0.3) is 0 Å². The first-order valence-corrected chi connectivity index (χ1v) is 2.97. The molecule has 0 saturated heterocycles. The molecule has 0 rings (SSSR count). The van der Waals surface area contributed by atoms with E-state index in [2.05, 4.69) is 12.6 Å². The van der Waals surface area contributed by atoms with Crippen molar-refractivity contribution < 1.29 is 4.79 Å². The number of allylic oxidation sites excluding steroid dienone is 1. The Hall–Kier alpha value is -0.240. The van der Waals surface area contributed by atoms with E-state index in [1.165, 1.54) is 0 Å². The van der Waals surface area contributed by atoms with Crippen LogP contribution in [-0.2, 0) is 4.79 Å². The number of ketones is 1. The molecular formula is C6H10OS. The van der Waals surface area contributed by atoms with Crippen molar-refractivity contribution in [2.75, 3.05) is 0 Å². The third-order valence-corrected chi connectivity index (χ3v) is 1.19. The molecule has 0 aromatic rings. The molecule has 0 aromatic heterocycles. The standard InChI is InChI=1S/C6H10OS/c1-5(4-8)3-6(2)7/h4,8H,3H2,1-2H3/b5-4+. The minimum atomic E-state index is 0.188. The summed E-state index contributed by atoms with van der Waals surface area (Å²) in [6.07, 6.45) is 0.531. The number of rotatable bonds is 2. The van der Waals surface area contributed by atoms with Crippen LogP contribution >= 0.6 is 12.6 Å². The summed E-state index contributed by atoms with van der Waals surface area (Å²) in [5.74, 6) is 0.188. The van der Waals surface area contributed by atoms with Crippen molar-refractivity contribution >= 4 is 18.4 Å². The van der Waals surface area contributed by atoms with Crippen LogP contribution in [0, 0.1) is 0 Å². The van der Waals surface area contributed by atoms with E-state index in [1.54, 1.807) is 12.3 Å². The van der Waals surface area contributed by atoms with Gasteiger partial charge in [0.25, 0.3) is 0 Å². The molecule has 0 aromatic carbocycles. The van der Waals surface area contributed by atoms with Gasteiger partial charge in [0.1, 0.15) is 5.78 Å². The van der Waals surface area contributed by atoms with Gasteiger partial charge < -0.3 is 0 Å². The fourth-order valence-electron chi connectivity index (χ4n) is 0.438. The van der Waals surface area contributed by atoms with Crippen molar-refractivity contribution in [2.45, 2.75) is 20.3 Å². The Morgan fingerprint density at radius 1 is 1.62 bits per heavy atom. The predicted octanol–water partition coefficient (Wildman–Crippen LogP) is 1.80. The fraction of sp³-hybridized carbons (Fsp3) is 0.500. The molecule has 46 valence electrons. The van der Waals surface area contributed by atoms with Crippen LogP contribution in [0.2, 0.25) is 0 Å². The predicted molar refractivity (Wildman–Crippen MR) is 38.0 cm³/mol. The third-order valence-electron chi connectivity index (χ3n) is 0.748. The molecule has 0 radical (unpaired) electrons. The van der Waals surface area contributed by atoms with Crippen LogP contribution in [0.4, 0.5) is 0 Å². The van der Waals surface area contributed by atoms with Gasteiger partial charge in [0, 0.05) is 6.42 Å². The minimum Gasteiger partial charge on any atom is -0.300 e. The smallest absolute Gasteiger partial charge is 0.133 e. The first-order chi connectivity index (χ1) is 3.66. The molecule has 0 bridgehead atoms. The van der Waals surface area contributed by atoms with Gasteiger partial charge in [-0.15, -0.1) is 0 Å². The number of carbonyl (C=O) groups is 1. The minimum absolute atomic E-state index is 0.188. The van der Waals surface area contributed by atoms with Crippen LogP contribution in [0.5, 0.6) is 0 Å². The monoisotopic (exact) mass is 130 g/mol. The van der Waals surface area contributed by atoms with Crippen molar-refractivity contribution in [3.8, 4) is 0 Å². The molecule has 0 N–H and O–H groups in total. The van der Waals surface area contributed by atoms with E-state index >= 15 is 0 Å². The number of Topliss-reactive ketones (excluding diaryl/α,β-unsaturated/α-hetero) is 1. The van der Waals surface area contributed by atoms with E-state index < -0.39 is 0 Å². The summed E-state index contributed by atoms with van der Waals surface area (Å²) in [5.41, 5.74) is 1.01. The third kappa shape index (κ3) is 3.93. The van der Waals surface area contributed by atoms with Gasteiger partial charge in [-0.25, -0.2) is 0 Å². The highest BCUT2D eigenvalue weighted by atomic mass is 32.1. The average molecular weight is 130 g/mol. The van der Waals surface area contributed by atoms with E-state index in [1.807, 2.05) is 6.92 Å².